The van der Waals surface area contributed by atoms with Crippen molar-refractivity contribution < 1.29 is 22.8 Å². The summed E-state index contributed by atoms with van der Waals surface area (Å²) >= 11 is 0. The van der Waals surface area contributed by atoms with E-state index in [4.69, 9.17) is 4.74 Å². The van der Waals surface area contributed by atoms with Crippen LogP contribution >= 0.6 is 0 Å². The average Bonchev–Trinajstić information content (AvgIpc) is 2.73. The fraction of sp³-hybridized carbons (Fsp3) is 0.0455. The Bertz CT molecular complexity index is 1240. The summed E-state index contributed by atoms with van der Waals surface area (Å²) in [7, 11) is 0. The highest BCUT2D eigenvalue weighted by molar-refractivity contribution is 5.88. The van der Waals surface area contributed by atoms with Gasteiger partial charge in [-0.1, -0.05) is 24.3 Å². The van der Waals surface area contributed by atoms with E-state index >= 15 is 0 Å². The van der Waals surface area contributed by atoms with E-state index in [9.17, 15) is 23.3 Å². The summed E-state index contributed by atoms with van der Waals surface area (Å²) in [6, 6.07) is 19.1. The van der Waals surface area contributed by atoms with Gasteiger partial charge in [-0.2, -0.15) is 13.2 Å². The largest absolute Gasteiger partial charge is 0.457 e. The molecule has 0 aliphatic heterocycles. The molecule has 0 saturated heterocycles. The quantitative estimate of drug-likeness (QED) is 0.280. The number of nitro benzene ring substituents is 1. The van der Waals surface area contributed by atoms with Gasteiger partial charge in [-0.3, -0.25) is 10.1 Å². The Balaban J connectivity index is 1.79. The van der Waals surface area contributed by atoms with Crippen LogP contribution < -0.4 is 4.74 Å². The van der Waals surface area contributed by atoms with Gasteiger partial charge < -0.3 is 4.74 Å². The fourth-order valence-corrected chi connectivity index (χ4v) is 2.99. The van der Waals surface area contributed by atoms with Crippen molar-refractivity contribution in [2.45, 2.75) is 6.18 Å². The summed E-state index contributed by atoms with van der Waals surface area (Å²) in [5, 5.41) is 11.5. The molecule has 8 heteroatoms. The van der Waals surface area contributed by atoms with Crippen molar-refractivity contribution >= 4 is 16.6 Å². The molecule has 0 unspecified atom stereocenters. The van der Waals surface area contributed by atoms with Crippen molar-refractivity contribution in [1.82, 2.24) is 4.98 Å². The molecule has 0 fully saturated rings. The lowest BCUT2D eigenvalue weighted by atomic mass is 10.1. The first kappa shape index (κ1) is 19.4. The molecular formula is C22H13F3N2O3. The van der Waals surface area contributed by atoms with Crippen LogP contribution in [0.15, 0.2) is 78.9 Å². The number of hydrogen-bond acceptors (Lipinski definition) is 4. The number of non-ortho nitro benzene ring substituents is 1. The van der Waals surface area contributed by atoms with Gasteiger partial charge in [0.15, 0.2) is 0 Å². The Morgan fingerprint density at radius 1 is 0.900 bits per heavy atom. The maximum Gasteiger partial charge on any atom is 0.416 e. The number of alkyl halides is 3. The summed E-state index contributed by atoms with van der Waals surface area (Å²) in [6.07, 6.45) is -4.47. The second-order valence-corrected chi connectivity index (χ2v) is 6.45. The van der Waals surface area contributed by atoms with E-state index in [-0.39, 0.29) is 5.69 Å². The summed E-state index contributed by atoms with van der Waals surface area (Å²) in [5.74, 6) is 0.730. The molecule has 4 rings (SSSR count). The topological polar surface area (TPSA) is 65.3 Å². The van der Waals surface area contributed by atoms with E-state index in [1.807, 2.05) is 0 Å². The van der Waals surface area contributed by atoms with Crippen LogP contribution in [0.4, 0.5) is 18.9 Å². The van der Waals surface area contributed by atoms with Gasteiger partial charge in [-0.15, -0.1) is 0 Å². The van der Waals surface area contributed by atoms with E-state index in [0.29, 0.717) is 33.7 Å². The zero-order valence-electron chi connectivity index (χ0n) is 15.3. The van der Waals surface area contributed by atoms with Crippen LogP contribution in [0.2, 0.25) is 0 Å². The molecule has 0 saturated carbocycles. The van der Waals surface area contributed by atoms with Gasteiger partial charge >= 0.3 is 6.18 Å². The average molecular weight is 410 g/mol. The van der Waals surface area contributed by atoms with Gasteiger partial charge in [0.25, 0.3) is 5.69 Å². The summed E-state index contributed by atoms with van der Waals surface area (Å²) < 4.78 is 45.2. The highest BCUT2D eigenvalue weighted by atomic mass is 19.4. The molecule has 0 spiro atoms. The number of nitro groups is 1. The zero-order valence-corrected chi connectivity index (χ0v) is 15.3. The van der Waals surface area contributed by atoms with Gasteiger partial charge in [-0.25, -0.2) is 4.98 Å². The van der Waals surface area contributed by atoms with Crippen molar-refractivity contribution in [3.05, 3.63) is 94.5 Å². The Morgan fingerprint density at radius 3 is 2.33 bits per heavy atom. The van der Waals surface area contributed by atoms with E-state index < -0.39 is 16.7 Å². The third-order valence-corrected chi connectivity index (χ3v) is 4.44. The van der Waals surface area contributed by atoms with Crippen LogP contribution in [-0.2, 0) is 6.18 Å². The third-order valence-electron chi connectivity index (χ3n) is 4.44. The minimum Gasteiger partial charge on any atom is -0.457 e. The highest BCUT2D eigenvalue weighted by Gasteiger charge is 2.30. The zero-order chi connectivity index (χ0) is 21.3. The number of nitrogens with zero attached hydrogens (tertiary/aromatic N) is 2. The lowest BCUT2D eigenvalue weighted by Crippen LogP contribution is -2.04. The predicted molar refractivity (Wildman–Crippen MR) is 105 cm³/mol. The second kappa shape index (κ2) is 7.47. The Labute approximate surface area is 168 Å². The number of para-hydroxylation sites is 1. The lowest BCUT2D eigenvalue weighted by molar-refractivity contribution is -0.384. The molecule has 0 aliphatic rings. The molecule has 0 atom stereocenters. The van der Waals surface area contributed by atoms with E-state index in [1.165, 1.54) is 30.3 Å². The molecule has 0 aliphatic carbocycles. The molecule has 4 aromatic rings. The van der Waals surface area contributed by atoms with E-state index in [1.54, 1.807) is 36.4 Å². The molecule has 0 radical (unpaired) electrons. The summed E-state index contributed by atoms with van der Waals surface area (Å²) in [5.41, 5.74) is 0.310. The minimum atomic E-state index is -4.47. The van der Waals surface area contributed by atoms with Crippen LogP contribution in [0.1, 0.15) is 5.56 Å². The Morgan fingerprint density at radius 2 is 1.63 bits per heavy atom. The Hall–Kier alpha value is -3.94. The van der Waals surface area contributed by atoms with Crippen LogP contribution in [0.25, 0.3) is 22.2 Å². The fourth-order valence-electron chi connectivity index (χ4n) is 2.99. The molecule has 0 amide bonds. The summed E-state index contributed by atoms with van der Waals surface area (Å²) in [4.78, 5) is 14.8. The SMILES string of the molecule is O=[N+]([O-])c1ccc(Oc2cc(-c3cccc(C(F)(F)F)c3)nc3ccccc23)cc1. The van der Waals surface area contributed by atoms with Crippen LogP contribution in [0, 0.1) is 10.1 Å². The highest BCUT2D eigenvalue weighted by Crippen LogP contribution is 2.36. The van der Waals surface area contributed by atoms with Crippen LogP contribution in [-0.4, -0.2) is 9.91 Å². The number of halogens is 3. The first-order valence-corrected chi connectivity index (χ1v) is 8.81. The second-order valence-electron chi connectivity index (χ2n) is 6.45. The first-order valence-electron chi connectivity index (χ1n) is 8.81. The number of ether oxygens (including phenoxy) is 1. The number of hydrogen-bond donors (Lipinski definition) is 0. The molecule has 150 valence electrons. The molecule has 1 aromatic heterocycles. The molecule has 3 aromatic carbocycles. The van der Waals surface area contributed by atoms with Gasteiger partial charge in [0.1, 0.15) is 11.5 Å². The molecule has 0 bridgehead atoms. The van der Waals surface area contributed by atoms with Crippen molar-refractivity contribution in [3.63, 3.8) is 0 Å². The minimum absolute atomic E-state index is 0.0772. The number of aromatic nitrogens is 1. The van der Waals surface area contributed by atoms with Crippen molar-refractivity contribution in [1.29, 1.82) is 0 Å². The molecule has 1 heterocycles. The van der Waals surface area contributed by atoms with Crippen LogP contribution in [0.3, 0.4) is 0 Å². The van der Waals surface area contributed by atoms with Crippen LogP contribution in [0.5, 0.6) is 11.5 Å². The van der Waals surface area contributed by atoms with Gasteiger partial charge in [0.05, 0.1) is 21.7 Å². The summed E-state index contributed by atoms with van der Waals surface area (Å²) in [6.45, 7) is 0. The molecule has 0 N–H and O–H groups in total. The molecule has 30 heavy (non-hydrogen) atoms. The van der Waals surface area contributed by atoms with Crippen molar-refractivity contribution in [2.75, 3.05) is 0 Å². The van der Waals surface area contributed by atoms with Gasteiger partial charge in [0.2, 0.25) is 0 Å². The standard InChI is InChI=1S/C22H13F3N2O3/c23-22(24,25)15-5-3-4-14(12-15)20-13-21(18-6-1-2-7-19(18)26-20)30-17-10-8-16(9-11-17)27(28)29/h1-13H. The molecule has 5 nitrogen and oxygen atoms in total. The monoisotopic (exact) mass is 410 g/mol. The van der Waals surface area contributed by atoms with Crippen molar-refractivity contribution in [2.24, 2.45) is 0 Å². The number of rotatable bonds is 4. The van der Waals surface area contributed by atoms with Crippen molar-refractivity contribution in [3.8, 4) is 22.8 Å². The lowest BCUT2D eigenvalue weighted by Gasteiger charge is -2.12. The third kappa shape index (κ3) is 3.93. The number of benzene rings is 3. The van der Waals surface area contributed by atoms with E-state index in [0.717, 1.165) is 12.1 Å². The van der Waals surface area contributed by atoms with Gasteiger partial charge in [0, 0.05) is 29.1 Å². The maximum absolute atomic E-state index is 13.1. The maximum atomic E-state index is 13.1. The number of fused-ring (bicyclic) bond motifs is 1. The Kier molecular flexibility index (Phi) is 4.83. The smallest absolute Gasteiger partial charge is 0.416 e. The van der Waals surface area contributed by atoms with Gasteiger partial charge in [-0.05, 0) is 36.4 Å². The predicted octanol–water partition coefficient (Wildman–Crippen LogP) is 6.62. The number of pyridine rings is 1. The normalized spacial score (nSPS) is 11.4. The van der Waals surface area contributed by atoms with E-state index in [2.05, 4.69) is 4.98 Å². The first-order chi connectivity index (χ1) is 14.3. The molecular weight excluding hydrogens is 397 g/mol.